The smallest absolute Gasteiger partial charge is 0.315 e. The van der Waals surface area contributed by atoms with E-state index in [4.69, 9.17) is 4.74 Å². The summed E-state index contributed by atoms with van der Waals surface area (Å²) < 4.78 is 9.53. The van der Waals surface area contributed by atoms with Crippen molar-refractivity contribution in [3.63, 3.8) is 0 Å². The molecule has 0 aromatic rings. The summed E-state index contributed by atoms with van der Waals surface area (Å²) in [4.78, 5) is 22.0. The molecule has 0 radical (unpaired) electrons. The molecular weight excluding hydrogens is 186 g/mol. The van der Waals surface area contributed by atoms with Gasteiger partial charge in [0, 0.05) is 19.3 Å². The summed E-state index contributed by atoms with van der Waals surface area (Å²) in [5, 5.41) is 2.76. The Morgan fingerprint density at radius 1 is 1.43 bits per heavy atom. The van der Waals surface area contributed by atoms with Crippen LogP contribution in [0.2, 0.25) is 0 Å². The van der Waals surface area contributed by atoms with Gasteiger partial charge in [-0.05, 0) is 12.8 Å². The normalized spacial score (nSPS) is 17.5. The van der Waals surface area contributed by atoms with Crippen molar-refractivity contribution in [1.29, 1.82) is 0 Å². The standard InChI is InChI=1S/C9H15NO4/c1-13-9(12)6-8(11)10-7-2-4-14-5-3-7/h7H,2-6H2,1H3,(H,10,11). The summed E-state index contributed by atoms with van der Waals surface area (Å²) in [6.07, 6.45) is 1.42. The van der Waals surface area contributed by atoms with Gasteiger partial charge >= 0.3 is 5.97 Å². The van der Waals surface area contributed by atoms with E-state index in [1.54, 1.807) is 0 Å². The molecule has 0 bridgehead atoms. The maximum Gasteiger partial charge on any atom is 0.315 e. The Kier molecular flexibility index (Phi) is 4.39. The monoisotopic (exact) mass is 201 g/mol. The summed E-state index contributed by atoms with van der Waals surface area (Å²) in [6, 6.07) is 0.140. The fourth-order valence-electron chi connectivity index (χ4n) is 1.32. The molecule has 1 aliphatic rings. The van der Waals surface area contributed by atoms with Gasteiger partial charge in [-0.3, -0.25) is 9.59 Å². The third-order valence-corrected chi connectivity index (χ3v) is 2.12. The number of esters is 1. The molecule has 14 heavy (non-hydrogen) atoms. The second-order valence-corrected chi connectivity index (χ2v) is 3.21. The largest absolute Gasteiger partial charge is 0.469 e. The van der Waals surface area contributed by atoms with E-state index < -0.39 is 5.97 Å². The van der Waals surface area contributed by atoms with Gasteiger partial charge in [-0.25, -0.2) is 0 Å². The van der Waals surface area contributed by atoms with E-state index in [0.29, 0.717) is 13.2 Å². The van der Waals surface area contributed by atoms with Gasteiger partial charge in [-0.1, -0.05) is 0 Å². The van der Waals surface area contributed by atoms with Gasteiger partial charge in [0.15, 0.2) is 0 Å². The zero-order valence-electron chi connectivity index (χ0n) is 8.25. The third kappa shape index (κ3) is 3.74. The van der Waals surface area contributed by atoms with Crippen molar-refractivity contribution in [2.24, 2.45) is 0 Å². The number of rotatable bonds is 3. The van der Waals surface area contributed by atoms with Crippen LogP contribution >= 0.6 is 0 Å². The predicted octanol–water partition coefficient (Wildman–Crippen LogP) is -0.155. The molecule has 0 unspecified atom stereocenters. The molecule has 0 aromatic heterocycles. The van der Waals surface area contributed by atoms with E-state index in [2.05, 4.69) is 10.1 Å². The Bertz CT molecular complexity index is 211. The zero-order chi connectivity index (χ0) is 10.4. The van der Waals surface area contributed by atoms with E-state index >= 15 is 0 Å². The fourth-order valence-corrected chi connectivity index (χ4v) is 1.32. The number of ether oxygens (including phenoxy) is 2. The molecule has 0 saturated carbocycles. The summed E-state index contributed by atoms with van der Waals surface area (Å²) in [5.41, 5.74) is 0. The van der Waals surface area contributed by atoms with Crippen molar-refractivity contribution in [3.8, 4) is 0 Å². The van der Waals surface area contributed by atoms with Crippen LogP contribution in [0.5, 0.6) is 0 Å². The number of amides is 1. The van der Waals surface area contributed by atoms with Gasteiger partial charge in [0.25, 0.3) is 0 Å². The first-order valence-corrected chi connectivity index (χ1v) is 4.66. The Hall–Kier alpha value is -1.10. The maximum atomic E-state index is 11.2. The highest BCUT2D eigenvalue weighted by Gasteiger charge is 2.17. The third-order valence-electron chi connectivity index (χ3n) is 2.12. The molecule has 5 nitrogen and oxygen atoms in total. The molecule has 0 spiro atoms. The Morgan fingerprint density at radius 3 is 2.64 bits per heavy atom. The Balaban J connectivity index is 2.21. The van der Waals surface area contributed by atoms with Gasteiger partial charge in [0.1, 0.15) is 6.42 Å². The van der Waals surface area contributed by atoms with Crippen molar-refractivity contribution in [2.75, 3.05) is 20.3 Å². The minimum atomic E-state index is -0.505. The number of hydrogen-bond acceptors (Lipinski definition) is 4. The van der Waals surface area contributed by atoms with Crippen molar-refractivity contribution in [2.45, 2.75) is 25.3 Å². The quantitative estimate of drug-likeness (QED) is 0.509. The van der Waals surface area contributed by atoms with E-state index in [-0.39, 0.29) is 18.4 Å². The fraction of sp³-hybridized carbons (Fsp3) is 0.778. The van der Waals surface area contributed by atoms with Crippen LogP contribution in [-0.2, 0) is 19.1 Å². The number of hydrogen-bond donors (Lipinski definition) is 1. The van der Waals surface area contributed by atoms with Crippen molar-refractivity contribution >= 4 is 11.9 Å². The molecule has 5 heteroatoms. The average Bonchev–Trinajstić information content (AvgIpc) is 2.19. The van der Waals surface area contributed by atoms with Crippen LogP contribution in [0.1, 0.15) is 19.3 Å². The lowest BCUT2D eigenvalue weighted by Gasteiger charge is -2.22. The Labute approximate surface area is 82.8 Å². The molecule has 1 aliphatic heterocycles. The van der Waals surface area contributed by atoms with Crippen molar-refractivity contribution < 1.29 is 19.1 Å². The van der Waals surface area contributed by atoms with Gasteiger partial charge in [0.2, 0.25) is 5.91 Å². The second kappa shape index (κ2) is 5.59. The lowest BCUT2D eigenvalue weighted by atomic mass is 10.1. The van der Waals surface area contributed by atoms with Crippen LogP contribution in [0.15, 0.2) is 0 Å². The predicted molar refractivity (Wildman–Crippen MR) is 48.6 cm³/mol. The van der Waals surface area contributed by atoms with Gasteiger partial charge in [0.05, 0.1) is 7.11 Å². The average molecular weight is 201 g/mol. The van der Waals surface area contributed by atoms with E-state index in [0.717, 1.165) is 12.8 Å². The number of methoxy groups -OCH3 is 1. The highest BCUT2D eigenvalue weighted by molar-refractivity contribution is 5.94. The minimum Gasteiger partial charge on any atom is -0.469 e. The van der Waals surface area contributed by atoms with E-state index in [9.17, 15) is 9.59 Å². The summed E-state index contributed by atoms with van der Waals surface area (Å²) >= 11 is 0. The SMILES string of the molecule is COC(=O)CC(=O)NC1CCOCC1. The van der Waals surface area contributed by atoms with Crippen molar-refractivity contribution in [3.05, 3.63) is 0 Å². The zero-order valence-corrected chi connectivity index (χ0v) is 8.25. The van der Waals surface area contributed by atoms with E-state index in [1.165, 1.54) is 7.11 Å². The first kappa shape index (κ1) is 11.0. The summed E-state index contributed by atoms with van der Waals surface area (Å²) in [5.74, 6) is -0.779. The minimum absolute atomic E-state index is 0.140. The molecule has 1 saturated heterocycles. The molecule has 1 heterocycles. The van der Waals surface area contributed by atoms with Crippen molar-refractivity contribution in [1.82, 2.24) is 5.32 Å². The highest BCUT2D eigenvalue weighted by atomic mass is 16.5. The van der Waals surface area contributed by atoms with Crippen LogP contribution in [0.3, 0.4) is 0 Å². The van der Waals surface area contributed by atoms with Crippen LogP contribution in [-0.4, -0.2) is 38.2 Å². The van der Waals surface area contributed by atoms with Crippen LogP contribution in [0.25, 0.3) is 0 Å². The lowest BCUT2D eigenvalue weighted by Crippen LogP contribution is -2.39. The molecule has 1 N–H and O–H groups in total. The van der Waals surface area contributed by atoms with E-state index in [1.807, 2.05) is 0 Å². The summed E-state index contributed by atoms with van der Waals surface area (Å²) in [6.45, 7) is 1.34. The molecule has 0 aliphatic carbocycles. The molecule has 1 amide bonds. The van der Waals surface area contributed by atoms with Gasteiger partial charge in [-0.2, -0.15) is 0 Å². The topological polar surface area (TPSA) is 64.6 Å². The first-order valence-electron chi connectivity index (χ1n) is 4.66. The number of carbonyl (C=O) groups excluding carboxylic acids is 2. The van der Waals surface area contributed by atoms with Crippen LogP contribution in [0, 0.1) is 0 Å². The summed E-state index contributed by atoms with van der Waals surface area (Å²) in [7, 11) is 1.27. The van der Waals surface area contributed by atoms with Gasteiger partial charge in [-0.15, -0.1) is 0 Å². The van der Waals surface area contributed by atoms with Gasteiger partial charge < -0.3 is 14.8 Å². The maximum absolute atomic E-state index is 11.2. The second-order valence-electron chi connectivity index (χ2n) is 3.21. The first-order chi connectivity index (χ1) is 6.72. The van der Waals surface area contributed by atoms with Crippen LogP contribution < -0.4 is 5.32 Å². The number of nitrogens with one attached hydrogen (secondary N) is 1. The molecule has 1 rings (SSSR count). The Morgan fingerprint density at radius 2 is 2.07 bits per heavy atom. The highest BCUT2D eigenvalue weighted by Crippen LogP contribution is 2.06. The molecule has 0 atom stereocenters. The molecule has 0 aromatic carbocycles. The molecule has 1 fully saturated rings. The lowest BCUT2D eigenvalue weighted by molar-refractivity contribution is -0.144. The number of carbonyl (C=O) groups is 2. The van der Waals surface area contributed by atoms with Crippen LogP contribution in [0.4, 0.5) is 0 Å². The molecule has 80 valence electrons. The molecular formula is C9H15NO4.